The molecule has 5 aromatic carbocycles. The number of aromatic nitrogens is 6. The molecule has 2 aliphatic heterocycles. The second-order valence-corrected chi connectivity index (χ2v) is 10.7. The zero-order valence-electron chi connectivity index (χ0n) is 21.3. The van der Waals surface area contributed by atoms with Gasteiger partial charge in [0.15, 0.2) is 22.4 Å². The molecule has 9 aromatic rings. The summed E-state index contributed by atoms with van der Waals surface area (Å²) >= 11 is 0. The summed E-state index contributed by atoms with van der Waals surface area (Å²) in [4.78, 5) is 16.6. The Labute approximate surface area is 228 Å². The van der Waals surface area contributed by atoms with Crippen LogP contribution in [0.1, 0.15) is 0 Å². The lowest BCUT2D eigenvalue weighted by Gasteiger charge is -2.01. The molecule has 1 aliphatic carbocycles. The Bertz CT molecular complexity index is 2930. The molecule has 6 heterocycles. The van der Waals surface area contributed by atoms with Crippen LogP contribution in [0.5, 0.6) is 0 Å². The van der Waals surface area contributed by atoms with Gasteiger partial charge in [-0.15, -0.1) is 0 Å². The molecule has 4 aromatic heterocycles. The lowest BCUT2D eigenvalue weighted by atomic mass is 10.2. The summed E-state index contributed by atoms with van der Waals surface area (Å²) in [5, 5.41) is 14.7. The zero-order valence-corrected chi connectivity index (χ0v) is 21.3. The van der Waals surface area contributed by atoms with Gasteiger partial charge in [-0.25, -0.2) is 24.0 Å². The van der Waals surface area contributed by atoms with E-state index in [9.17, 15) is 0 Å². The molecule has 0 saturated heterocycles. The molecule has 41 heavy (non-hydrogen) atoms. The van der Waals surface area contributed by atoms with Crippen molar-refractivity contribution in [2.75, 3.05) is 0 Å². The Morgan fingerprint density at radius 1 is 0.415 bits per heavy atom. The molecule has 0 spiro atoms. The first-order chi connectivity index (χ1) is 20.4. The summed E-state index contributed by atoms with van der Waals surface area (Å²) < 4.78 is 10.7. The molecule has 188 valence electrons. The molecule has 12 rings (SSSR count). The predicted molar refractivity (Wildman–Crippen MR) is 161 cm³/mol. The Hall–Kier alpha value is -5.82. The van der Waals surface area contributed by atoms with Gasteiger partial charge in [-0.2, -0.15) is 0 Å². The molecule has 7 heteroatoms. The average molecular weight is 525 g/mol. The van der Waals surface area contributed by atoms with E-state index in [-0.39, 0.29) is 0 Å². The van der Waals surface area contributed by atoms with Crippen molar-refractivity contribution < 1.29 is 4.52 Å². The quantitative estimate of drug-likeness (QED) is 0.204. The van der Waals surface area contributed by atoms with Crippen molar-refractivity contribution in [1.82, 2.24) is 29.1 Å². The highest BCUT2D eigenvalue weighted by atomic mass is 16.5. The lowest BCUT2D eigenvalue weighted by Crippen LogP contribution is -2.01. The van der Waals surface area contributed by atoms with Crippen molar-refractivity contribution >= 4 is 87.6 Å². The normalized spacial score (nSPS) is 12.9. The van der Waals surface area contributed by atoms with Gasteiger partial charge in [0.2, 0.25) is 5.65 Å². The van der Waals surface area contributed by atoms with Gasteiger partial charge in [0.05, 0.1) is 21.8 Å². The van der Waals surface area contributed by atoms with Gasteiger partial charge in [-0.3, -0.25) is 0 Å². The van der Waals surface area contributed by atoms with E-state index in [1.807, 2.05) is 28.8 Å². The summed E-state index contributed by atoms with van der Waals surface area (Å²) in [6.45, 7) is 0. The minimum atomic E-state index is 0.646. The largest absolute Gasteiger partial charge is 0.353 e. The van der Waals surface area contributed by atoms with Crippen LogP contribution in [0, 0.1) is 10.6 Å². The highest BCUT2D eigenvalue weighted by Gasteiger charge is 2.24. The van der Waals surface area contributed by atoms with Crippen LogP contribution in [-0.4, -0.2) is 29.1 Å². The molecule has 12 bridgehead atoms. The van der Waals surface area contributed by atoms with E-state index < -0.39 is 0 Å². The van der Waals surface area contributed by atoms with Gasteiger partial charge in [0, 0.05) is 48.5 Å². The van der Waals surface area contributed by atoms with Crippen molar-refractivity contribution in [3.05, 3.63) is 108 Å². The number of hydrogen-bond donors (Lipinski definition) is 0. The van der Waals surface area contributed by atoms with Crippen LogP contribution in [0.3, 0.4) is 0 Å². The van der Waals surface area contributed by atoms with Crippen LogP contribution in [0.15, 0.2) is 102 Å². The Kier molecular flexibility index (Phi) is 3.27. The monoisotopic (exact) mass is 524 g/mol. The average Bonchev–Trinajstić information content (AvgIpc) is 3.71. The first-order valence-corrected chi connectivity index (χ1v) is 13.6. The van der Waals surface area contributed by atoms with Gasteiger partial charge >= 0.3 is 0 Å². The maximum Gasteiger partial charge on any atom is 0.202 e. The third kappa shape index (κ3) is 2.19. The Morgan fingerprint density at radius 2 is 0.805 bits per heavy atom. The first kappa shape index (κ1) is 20.1. The predicted octanol–water partition coefficient (Wildman–Crippen LogP) is 7.60. The van der Waals surface area contributed by atoms with Crippen LogP contribution in [-0.2, 0) is 0 Å². The molecule has 0 amide bonds. The van der Waals surface area contributed by atoms with E-state index in [0.29, 0.717) is 11.1 Å². The molecule has 0 N–H and O–H groups in total. The molecule has 0 saturated carbocycles. The Morgan fingerprint density at radius 3 is 1.34 bits per heavy atom. The van der Waals surface area contributed by atoms with Crippen LogP contribution < -0.4 is 0 Å². The van der Waals surface area contributed by atoms with Crippen LogP contribution in [0.25, 0.3) is 87.6 Å². The van der Waals surface area contributed by atoms with E-state index in [1.165, 1.54) is 0 Å². The number of benzene rings is 4. The number of hydrogen-bond acceptors (Lipinski definition) is 5. The van der Waals surface area contributed by atoms with Crippen molar-refractivity contribution in [1.29, 1.82) is 0 Å². The summed E-state index contributed by atoms with van der Waals surface area (Å²) in [6.07, 6.45) is 0. The third-order valence-corrected chi connectivity index (χ3v) is 8.75. The second-order valence-electron chi connectivity index (χ2n) is 10.7. The zero-order chi connectivity index (χ0) is 26.4. The standard InChI is InChI=1S/C34H16N6O/c1-2-10-18-17(9-1)27-25-26-29-19-11-3-4-12-20(19)30(26)41-38-34-24-16-8-7-15-23(24)33(36-28(18)25)40(34)39-31(35-27)21-13-5-6-14-22(21)32(39)37-29/h1-16H. The van der Waals surface area contributed by atoms with E-state index in [4.69, 9.17) is 24.6 Å². The molecule has 0 fully saturated rings. The summed E-state index contributed by atoms with van der Waals surface area (Å²) in [5.41, 5.74) is 6.24. The third-order valence-electron chi connectivity index (χ3n) is 8.75. The van der Waals surface area contributed by atoms with Crippen molar-refractivity contribution in [3.63, 3.8) is 0 Å². The van der Waals surface area contributed by atoms with E-state index in [0.717, 1.165) is 87.2 Å². The fourth-order valence-corrected chi connectivity index (χ4v) is 7.05. The van der Waals surface area contributed by atoms with E-state index in [2.05, 4.69) is 77.3 Å². The highest BCUT2D eigenvalue weighted by Crippen LogP contribution is 2.40. The number of rotatable bonds is 0. The lowest BCUT2D eigenvalue weighted by molar-refractivity contribution is 0.393. The SMILES string of the molecule is c1ccc2c(c1)c1onc3c4ccccc4c4nc5c6ccccc6c6nc7c8ccccc8c(nc2c=1c56)n7n34. The van der Waals surface area contributed by atoms with Crippen molar-refractivity contribution in [2.24, 2.45) is 0 Å². The molecular weight excluding hydrogens is 508 g/mol. The highest BCUT2D eigenvalue weighted by molar-refractivity contribution is 6.25. The van der Waals surface area contributed by atoms with E-state index in [1.54, 1.807) is 0 Å². The summed E-state index contributed by atoms with van der Waals surface area (Å²) in [7, 11) is 0. The molecular formula is C34H16N6O. The van der Waals surface area contributed by atoms with Gasteiger partial charge in [0.1, 0.15) is 0 Å². The van der Waals surface area contributed by atoms with Crippen LogP contribution >= 0.6 is 0 Å². The minimum Gasteiger partial charge on any atom is -0.353 e. The van der Waals surface area contributed by atoms with Crippen LogP contribution in [0.2, 0.25) is 0 Å². The number of nitrogens with zero attached hydrogens (tertiary/aromatic N) is 6. The second kappa shape index (κ2) is 6.66. The number of fused-ring (bicyclic) bond motifs is 5. The van der Waals surface area contributed by atoms with E-state index >= 15 is 0 Å². The maximum absolute atomic E-state index is 6.55. The van der Waals surface area contributed by atoms with Gasteiger partial charge in [-0.1, -0.05) is 102 Å². The van der Waals surface area contributed by atoms with Gasteiger partial charge in [0.25, 0.3) is 0 Å². The summed E-state index contributed by atoms with van der Waals surface area (Å²) in [6, 6.07) is 33.3. The van der Waals surface area contributed by atoms with Crippen LogP contribution in [0.4, 0.5) is 0 Å². The smallest absolute Gasteiger partial charge is 0.202 e. The fraction of sp³-hybridized carbons (Fsp3) is 0. The molecule has 0 atom stereocenters. The minimum absolute atomic E-state index is 0.646. The molecule has 7 nitrogen and oxygen atoms in total. The Balaban J connectivity index is 1.76. The molecule has 3 aliphatic rings. The van der Waals surface area contributed by atoms with Crippen molar-refractivity contribution in [2.45, 2.75) is 0 Å². The molecule has 0 radical (unpaired) electrons. The topological polar surface area (TPSA) is 73.5 Å². The van der Waals surface area contributed by atoms with Gasteiger partial charge in [-0.05, 0) is 0 Å². The fourth-order valence-electron chi connectivity index (χ4n) is 7.05. The van der Waals surface area contributed by atoms with Crippen molar-refractivity contribution in [3.8, 4) is 0 Å². The molecule has 0 unspecified atom stereocenters. The maximum atomic E-state index is 6.55. The van der Waals surface area contributed by atoms with Gasteiger partial charge < -0.3 is 4.52 Å². The summed E-state index contributed by atoms with van der Waals surface area (Å²) in [5.74, 6) is 0. The first-order valence-electron chi connectivity index (χ1n) is 13.6.